The molecule has 1 aromatic heterocycles. The number of hydrogen-bond acceptors (Lipinski definition) is 4. The van der Waals surface area contributed by atoms with Gasteiger partial charge in [-0.25, -0.2) is 4.98 Å². The summed E-state index contributed by atoms with van der Waals surface area (Å²) in [6.07, 6.45) is 5.85. The zero-order valence-electron chi connectivity index (χ0n) is 8.72. The molecule has 0 amide bonds. The lowest BCUT2D eigenvalue weighted by atomic mass is 10.3. The Labute approximate surface area is 84.6 Å². The quantitative estimate of drug-likeness (QED) is 0.763. The fourth-order valence-electron chi connectivity index (χ4n) is 1.32. The number of hydrogen-bond donors (Lipinski definition) is 1. The lowest BCUT2D eigenvalue weighted by Gasteiger charge is -2.27. The second-order valence-corrected chi connectivity index (χ2v) is 3.43. The average Bonchev–Trinajstić information content (AvgIpc) is 2.19. The molecule has 1 rings (SSSR count). The van der Waals surface area contributed by atoms with Crippen LogP contribution in [0.25, 0.3) is 0 Å². The Kier molecular flexibility index (Phi) is 4.32. The molecule has 4 nitrogen and oxygen atoms in total. The third-order valence-electron chi connectivity index (χ3n) is 2.02. The van der Waals surface area contributed by atoms with E-state index in [0.29, 0.717) is 6.04 Å². The van der Waals surface area contributed by atoms with Gasteiger partial charge in [-0.15, -0.1) is 0 Å². The van der Waals surface area contributed by atoms with Gasteiger partial charge in [0.2, 0.25) is 0 Å². The van der Waals surface area contributed by atoms with E-state index in [-0.39, 0.29) is 6.61 Å². The Morgan fingerprint density at radius 3 is 2.71 bits per heavy atom. The summed E-state index contributed by atoms with van der Waals surface area (Å²) in [7, 11) is 0. The average molecular weight is 195 g/mol. The van der Waals surface area contributed by atoms with Crippen molar-refractivity contribution in [2.24, 2.45) is 0 Å². The van der Waals surface area contributed by atoms with Crippen LogP contribution >= 0.6 is 0 Å². The van der Waals surface area contributed by atoms with Crippen molar-refractivity contribution in [2.45, 2.75) is 26.3 Å². The van der Waals surface area contributed by atoms with Gasteiger partial charge < -0.3 is 10.0 Å². The van der Waals surface area contributed by atoms with Crippen molar-refractivity contribution < 1.29 is 5.11 Å². The number of rotatable bonds is 5. The SMILES string of the molecule is CC(C)N(CCCO)c1cnccn1. The van der Waals surface area contributed by atoms with Gasteiger partial charge in [0.05, 0.1) is 6.20 Å². The van der Waals surface area contributed by atoms with E-state index in [9.17, 15) is 0 Å². The van der Waals surface area contributed by atoms with E-state index in [1.54, 1.807) is 18.6 Å². The summed E-state index contributed by atoms with van der Waals surface area (Å²) in [5, 5.41) is 8.78. The third kappa shape index (κ3) is 2.96. The molecule has 0 aromatic carbocycles. The van der Waals surface area contributed by atoms with E-state index in [4.69, 9.17) is 5.11 Å². The zero-order chi connectivity index (χ0) is 10.4. The fourth-order valence-corrected chi connectivity index (χ4v) is 1.32. The molecule has 0 atom stereocenters. The Hall–Kier alpha value is -1.16. The predicted molar refractivity (Wildman–Crippen MR) is 56.2 cm³/mol. The van der Waals surface area contributed by atoms with E-state index < -0.39 is 0 Å². The molecule has 0 aliphatic rings. The summed E-state index contributed by atoms with van der Waals surface area (Å²) in [5.41, 5.74) is 0. The first-order chi connectivity index (χ1) is 6.75. The molecular weight excluding hydrogens is 178 g/mol. The van der Waals surface area contributed by atoms with E-state index >= 15 is 0 Å². The Morgan fingerprint density at radius 2 is 2.21 bits per heavy atom. The largest absolute Gasteiger partial charge is 0.396 e. The van der Waals surface area contributed by atoms with Crippen LogP contribution in [0.4, 0.5) is 5.82 Å². The molecule has 78 valence electrons. The van der Waals surface area contributed by atoms with Crippen molar-refractivity contribution in [3.8, 4) is 0 Å². The minimum atomic E-state index is 0.212. The Balaban J connectivity index is 2.68. The first-order valence-corrected chi connectivity index (χ1v) is 4.89. The molecule has 0 spiro atoms. The molecule has 0 bridgehead atoms. The lowest BCUT2D eigenvalue weighted by molar-refractivity contribution is 0.288. The van der Waals surface area contributed by atoms with Crippen LogP contribution in [0, 0.1) is 0 Å². The van der Waals surface area contributed by atoms with Gasteiger partial charge in [0.25, 0.3) is 0 Å². The molecule has 0 fully saturated rings. The van der Waals surface area contributed by atoms with E-state index in [0.717, 1.165) is 18.8 Å². The highest BCUT2D eigenvalue weighted by Gasteiger charge is 2.10. The van der Waals surface area contributed by atoms with Crippen molar-refractivity contribution in [1.29, 1.82) is 0 Å². The highest BCUT2D eigenvalue weighted by Crippen LogP contribution is 2.11. The number of nitrogens with zero attached hydrogens (tertiary/aromatic N) is 3. The monoisotopic (exact) mass is 195 g/mol. The molecular formula is C10H17N3O. The van der Waals surface area contributed by atoms with Gasteiger partial charge in [0.15, 0.2) is 0 Å². The van der Waals surface area contributed by atoms with Crippen molar-refractivity contribution in [3.05, 3.63) is 18.6 Å². The molecule has 0 radical (unpaired) electrons. The van der Waals surface area contributed by atoms with Crippen molar-refractivity contribution >= 4 is 5.82 Å². The highest BCUT2D eigenvalue weighted by molar-refractivity contribution is 5.35. The third-order valence-corrected chi connectivity index (χ3v) is 2.02. The van der Waals surface area contributed by atoms with Crippen LogP contribution in [0.5, 0.6) is 0 Å². The summed E-state index contributed by atoms with van der Waals surface area (Å²) < 4.78 is 0. The van der Waals surface area contributed by atoms with Crippen LogP contribution in [0.1, 0.15) is 20.3 Å². The van der Waals surface area contributed by atoms with Crippen LogP contribution in [0.3, 0.4) is 0 Å². The number of aliphatic hydroxyl groups excluding tert-OH is 1. The van der Waals surface area contributed by atoms with E-state index in [2.05, 4.69) is 28.7 Å². The number of aliphatic hydroxyl groups is 1. The molecule has 1 N–H and O–H groups in total. The van der Waals surface area contributed by atoms with Gasteiger partial charge in [0, 0.05) is 31.6 Å². The van der Waals surface area contributed by atoms with E-state index in [1.165, 1.54) is 0 Å². The molecule has 0 aliphatic heterocycles. The maximum absolute atomic E-state index is 8.78. The molecule has 0 unspecified atom stereocenters. The Morgan fingerprint density at radius 1 is 1.43 bits per heavy atom. The lowest BCUT2D eigenvalue weighted by Crippen LogP contribution is -2.32. The minimum Gasteiger partial charge on any atom is -0.396 e. The Bertz CT molecular complexity index is 251. The van der Waals surface area contributed by atoms with Crippen LogP contribution in [-0.4, -0.2) is 34.3 Å². The summed E-state index contributed by atoms with van der Waals surface area (Å²) in [6.45, 7) is 5.23. The highest BCUT2D eigenvalue weighted by atomic mass is 16.3. The summed E-state index contributed by atoms with van der Waals surface area (Å²) >= 11 is 0. The second-order valence-electron chi connectivity index (χ2n) is 3.43. The van der Waals surface area contributed by atoms with Gasteiger partial charge in [0.1, 0.15) is 5.82 Å². The molecule has 0 aliphatic carbocycles. The van der Waals surface area contributed by atoms with Crippen molar-refractivity contribution in [2.75, 3.05) is 18.1 Å². The van der Waals surface area contributed by atoms with E-state index in [1.807, 2.05) is 0 Å². The standard InChI is InChI=1S/C10H17N3O/c1-9(2)13(6-3-7-14)10-8-11-4-5-12-10/h4-5,8-9,14H,3,6-7H2,1-2H3. The summed E-state index contributed by atoms with van der Waals surface area (Å²) in [6, 6.07) is 0.373. The normalized spacial score (nSPS) is 10.6. The molecule has 0 saturated carbocycles. The number of anilines is 1. The summed E-state index contributed by atoms with van der Waals surface area (Å²) in [4.78, 5) is 10.4. The van der Waals surface area contributed by atoms with Gasteiger partial charge >= 0.3 is 0 Å². The summed E-state index contributed by atoms with van der Waals surface area (Å²) in [5.74, 6) is 0.871. The molecule has 1 heterocycles. The topological polar surface area (TPSA) is 49.2 Å². The van der Waals surface area contributed by atoms with Crippen LogP contribution in [0.2, 0.25) is 0 Å². The van der Waals surface area contributed by atoms with Crippen LogP contribution < -0.4 is 4.90 Å². The van der Waals surface area contributed by atoms with Gasteiger partial charge in [-0.2, -0.15) is 0 Å². The minimum absolute atomic E-state index is 0.212. The van der Waals surface area contributed by atoms with Crippen LogP contribution in [0.15, 0.2) is 18.6 Å². The predicted octanol–water partition coefficient (Wildman–Crippen LogP) is 1.07. The maximum atomic E-state index is 8.78. The fraction of sp³-hybridized carbons (Fsp3) is 0.600. The van der Waals surface area contributed by atoms with Gasteiger partial charge in [-0.05, 0) is 20.3 Å². The smallest absolute Gasteiger partial charge is 0.147 e. The molecule has 0 saturated heterocycles. The van der Waals surface area contributed by atoms with Gasteiger partial charge in [-0.1, -0.05) is 0 Å². The molecule has 14 heavy (non-hydrogen) atoms. The molecule has 4 heteroatoms. The van der Waals surface area contributed by atoms with Crippen LogP contribution in [-0.2, 0) is 0 Å². The number of aromatic nitrogens is 2. The maximum Gasteiger partial charge on any atom is 0.147 e. The van der Waals surface area contributed by atoms with Crippen molar-refractivity contribution in [1.82, 2.24) is 9.97 Å². The first-order valence-electron chi connectivity index (χ1n) is 4.89. The van der Waals surface area contributed by atoms with Crippen molar-refractivity contribution in [3.63, 3.8) is 0 Å². The molecule has 1 aromatic rings. The zero-order valence-corrected chi connectivity index (χ0v) is 8.72. The second kappa shape index (κ2) is 5.54. The van der Waals surface area contributed by atoms with Gasteiger partial charge in [-0.3, -0.25) is 4.98 Å². The first kappa shape index (κ1) is 10.9.